The Hall–Kier alpha value is -0.370. The van der Waals surface area contributed by atoms with Gasteiger partial charge in [-0.3, -0.25) is 4.79 Å². The molecule has 0 aromatic rings. The number of ether oxygens (including phenoxy) is 1. The van der Waals surface area contributed by atoms with E-state index in [1.54, 1.807) is 7.11 Å². The summed E-state index contributed by atoms with van der Waals surface area (Å²) in [6.45, 7) is 0. The lowest BCUT2D eigenvalue weighted by Crippen LogP contribution is -2.19. The molecule has 0 aliphatic heterocycles. The smallest absolute Gasteiger partial charge is 0.141 e. The van der Waals surface area contributed by atoms with E-state index in [0.717, 1.165) is 19.3 Å². The van der Waals surface area contributed by atoms with Crippen molar-refractivity contribution in [3.05, 3.63) is 0 Å². The van der Waals surface area contributed by atoms with Gasteiger partial charge in [0.2, 0.25) is 0 Å². The van der Waals surface area contributed by atoms with Crippen LogP contribution < -0.4 is 0 Å². The summed E-state index contributed by atoms with van der Waals surface area (Å²) in [7, 11) is 1.71. The van der Waals surface area contributed by atoms with E-state index in [4.69, 9.17) is 4.74 Å². The van der Waals surface area contributed by atoms with E-state index in [0.29, 0.717) is 11.7 Å². The number of rotatable bonds is 1. The fourth-order valence-corrected chi connectivity index (χ4v) is 2.28. The minimum absolute atomic E-state index is 0.256. The van der Waals surface area contributed by atoms with Crippen LogP contribution in [0, 0.1) is 11.8 Å². The molecule has 0 saturated heterocycles. The summed E-state index contributed by atoms with van der Waals surface area (Å²) in [6.07, 6.45) is 3.43. The van der Waals surface area contributed by atoms with Crippen molar-refractivity contribution in [1.82, 2.24) is 0 Å². The number of carbonyl (C=O) groups is 1. The van der Waals surface area contributed by atoms with Gasteiger partial charge in [0.15, 0.2) is 0 Å². The molecule has 56 valence electrons. The zero-order chi connectivity index (χ0) is 7.14. The van der Waals surface area contributed by atoms with Crippen molar-refractivity contribution < 1.29 is 9.53 Å². The first-order valence-electron chi connectivity index (χ1n) is 3.89. The van der Waals surface area contributed by atoms with Crippen LogP contribution in [-0.2, 0) is 9.53 Å². The highest BCUT2D eigenvalue weighted by atomic mass is 16.5. The number of hydrogen-bond donors (Lipinski definition) is 0. The van der Waals surface area contributed by atoms with Gasteiger partial charge in [0.1, 0.15) is 5.78 Å². The number of fused-ring (bicyclic) bond motifs is 2. The third-order valence-corrected chi connectivity index (χ3v) is 2.86. The zero-order valence-electron chi connectivity index (χ0n) is 6.17. The molecule has 0 amide bonds. The second kappa shape index (κ2) is 2.06. The summed E-state index contributed by atoms with van der Waals surface area (Å²) >= 11 is 0. The van der Waals surface area contributed by atoms with E-state index < -0.39 is 0 Å². The molecule has 2 saturated carbocycles. The van der Waals surface area contributed by atoms with Crippen LogP contribution in [0.25, 0.3) is 0 Å². The highest BCUT2D eigenvalue weighted by Crippen LogP contribution is 2.42. The number of methoxy groups -OCH3 is 1. The fraction of sp³-hybridized carbons (Fsp3) is 0.875. The van der Waals surface area contributed by atoms with Crippen molar-refractivity contribution in [3.63, 3.8) is 0 Å². The second-order valence-corrected chi connectivity index (χ2v) is 3.29. The van der Waals surface area contributed by atoms with Crippen LogP contribution in [0.5, 0.6) is 0 Å². The van der Waals surface area contributed by atoms with Crippen LogP contribution >= 0.6 is 0 Å². The molecule has 0 aromatic carbocycles. The van der Waals surface area contributed by atoms with Gasteiger partial charge < -0.3 is 4.74 Å². The van der Waals surface area contributed by atoms with Gasteiger partial charge in [-0.2, -0.15) is 0 Å². The molecular formula is C8H12O2. The van der Waals surface area contributed by atoms with Gasteiger partial charge in [0.25, 0.3) is 0 Å². The zero-order valence-corrected chi connectivity index (χ0v) is 6.17. The molecule has 10 heavy (non-hydrogen) atoms. The molecule has 3 atom stereocenters. The van der Waals surface area contributed by atoms with E-state index in [9.17, 15) is 4.79 Å². The molecular weight excluding hydrogens is 128 g/mol. The Balaban J connectivity index is 2.16. The Labute approximate surface area is 60.6 Å². The van der Waals surface area contributed by atoms with E-state index in [1.807, 2.05) is 0 Å². The Kier molecular flexibility index (Phi) is 1.31. The van der Waals surface area contributed by atoms with Gasteiger partial charge in [-0.15, -0.1) is 0 Å². The average Bonchev–Trinajstić information content (AvgIpc) is 2.46. The first-order chi connectivity index (χ1) is 4.83. The number of ketones is 1. The van der Waals surface area contributed by atoms with Gasteiger partial charge in [0.05, 0.1) is 6.10 Å². The predicted octanol–water partition coefficient (Wildman–Crippen LogP) is 1.00. The van der Waals surface area contributed by atoms with Crippen molar-refractivity contribution in [3.8, 4) is 0 Å². The Morgan fingerprint density at radius 1 is 1.50 bits per heavy atom. The topological polar surface area (TPSA) is 26.3 Å². The standard InChI is InChI=1S/C8H12O2/c1-10-7-4-5-2-3-6(7)8(5)9/h5-7H,2-4H2,1H3/t5-,6+,7-/m0/s1. The molecule has 2 aliphatic carbocycles. The summed E-state index contributed by atoms with van der Waals surface area (Å²) < 4.78 is 5.19. The molecule has 0 aromatic heterocycles. The first kappa shape index (κ1) is 6.35. The normalized spacial score (nSPS) is 44.9. The number of hydrogen-bond acceptors (Lipinski definition) is 2. The third kappa shape index (κ3) is 0.655. The van der Waals surface area contributed by atoms with Crippen LogP contribution in [0.15, 0.2) is 0 Å². The largest absolute Gasteiger partial charge is 0.381 e. The summed E-state index contributed by atoms with van der Waals surface area (Å²) in [4.78, 5) is 11.3. The minimum Gasteiger partial charge on any atom is -0.381 e. The van der Waals surface area contributed by atoms with Crippen molar-refractivity contribution in [2.45, 2.75) is 25.4 Å². The maximum absolute atomic E-state index is 11.3. The highest BCUT2D eigenvalue weighted by Gasteiger charge is 2.47. The summed E-state index contributed by atoms with van der Waals surface area (Å²) in [6, 6.07) is 0. The highest BCUT2D eigenvalue weighted by molar-refractivity contribution is 5.88. The Morgan fingerprint density at radius 3 is 2.60 bits per heavy atom. The molecule has 2 aliphatic rings. The molecule has 0 heterocycles. The van der Waals surface area contributed by atoms with E-state index in [1.165, 1.54) is 0 Å². The molecule has 0 radical (unpaired) electrons. The third-order valence-electron chi connectivity index (χ3n) is 2.86. The van der Waals surface area contributed by atoms with Crippen LogP contribution in [0.2, 0.25) is 0 Å². The van der Waals surface area contributed by atoms with Crippen LogP contribution in [0.1, 0.15) is 19.3 Å². The molecule has 2 bridgehead atoms. The lowest BCUT2D eigenvalue weighted by Gasteiger charge is -2.17. The SMILES string of the molecule is CO[C@H]1C[C@@H]2CC[C@H]1C2=O. The molecule has 2 heteroatoms. The van der Waals surface area contributed by atoms with E-state index in [-0.39, 0.29) is 12.0 Å². The molecule has 2 nitrogen and oxygen atoms in total. The fourth-order valence-electron chi connectivity index (χ4n) is 2.28. The van der Waals surface area contributed by atoms with Gasteiger partial charge in [-0.1, -0.05) is 0 Å². The van der Waals surface area contributed by atoms with Crippen LogP contribution in [0.3, 0.4) is 0 Å². The van der Waals surface area contributed by atoms with Gasteiger partial charge >= 0.3 is 0 Å². The maximum Gasteiger partial charge on any atom is 0.141 e. The Bertz CT molecular complexity index is 165. The quantitative estimate of drug-likeness (QED) is 0.543. The average molecular weight is 140 g/mol. The molecule has 0 N–H and O–H groups in total. The summed E-state index contributed by atoms with van der Waals surface area (Å²) in [5.41, 5.74) is 0. The van der Waals surface area contributed by atoms with Gasteiger partial charge in [-0.25, -0.2) is 0 Å². The minimum atomic E-state index is 0.256. The number of Topliss-reactive ketones (excluding diaryl/α,β-unsaturated/α-hetero) is 1. The summed E-state index contributed by atoms with van der Waals surface area (Å²) in [5, 5.41) is 0. The molecule has 2 fully saturated rings. The van der Waals surface area contributed by atoms with Gasteiger partial charge in [0, 0.05) is 18.9 Å². The first-order valence-corrected chi connectivity index (χ1v) is 3.89. The van der Waals surface area contributed by atoms with Crippen molar-refractivity contribution in [1.29, 1.82) is 0 Å². The molecule has 0 spiro atoms. The van der Waals surface area contributed by atoms with Crippen molar-refractivity contribution in [2.75, 3.05) is 7.11 Å². The van der Waals surface area contributed by atoms with E-state index >= 15 is 0 Å². The van der Waals surface area contributed by atoms with E-state index in [2.05, 4.69) is 0 Å². The predicted molar refractivity (Wildman–Crippen MR) is 36.6 cm³/mol. The van der Waals surface area contributed by atoms with Gasteiger partial charge in [-0.05, 0) is 19.3 Å². The van der Waals surface area contributed by atoms with Crippen molar-refractivity contribution >= 4 is 5.78 Å². The summed E-state index contributed by atoms with van der Waals surface area (Å²) in [5.74, 6) is 1.08. The molecule has 0 unspecified atom stereocenters. The Morgan fingerprint density at radius 2 is 2.30 bits per heavy atom. The second-order valence-electron chi connectivity index (χ2n) is 3.29. The lowest BCUT2D eigenvalue weighted by molar-refractivity contribution is -0.122. The van der Waals surface area contributed by atoms with Crippen LogP contribution in [-0.4, -0.2) is 19.0 Å². The van der Waals surface area contributed by atoms with Crippen LogP contribution in [0.4, 0.5) is 0 Å². The van der Waals surface area contributed by atoms with Crippen molar-refractivity contribution in [2.24, 2.45) is 11.8 Å². The maximum atomic E-state index is 11.3. The molecule has 2 rings (SSSR count). The monoisotopic (exact) mass is 140 g/mol. The number of carbonyl (C=O) groups excluding carboxylic acids is 1. The lowest BCUT2D eigenvalue weighted by atomic mass is 9.98.